The van der Waals surface area contributed by atoms with Gasteiger partial charge < -0.3 is 4.74 Å². The molecule has 0 bridgehead atoms. The minimum atomic E-state index is -4.83. The molecule has 0 N–H and O–H groups in total. The molecule has 3 aromatic rings. The Morgan fingerprint density at radius 3 is 2.23 bits per heavy atom. The van der Waals surface area contributed by atoms with Crippen molar-refractivity contribution in [1.29, 1.82) is 0 Å². The molecule has 11 heteroatoms. The lowest BCUT2D eigenvalue weighted by molar-refractivity contribution is -0.142. The predicted octanol–water partition coefficient (Wildman–Crippen LogP) is 5.25. The predicted molar refractivity (Wildman–Crippen MR) is 93.1 cm³/mol. The topological polar surface area (TPSA) is 52.8 Å². The van der Waals surface area contributed by atoms with E-state index in [4.69, 9.17) is 4.74 Å². The van der Waals surface area contributed by atoms with Crippen LogP contribution in [-0.4, -0.2) is 26.9 Å². The Balaban J connectivity index is 1.91. The van der Waals surface area contributed by atoms with Gasteiger partial charge in [0, 0.05) is 11.5 Å². The fraction of sp³-hybridized carbons (Fsp3) is 0.316. The van der Waals surface area contributed by atoms with Gasteiger partial charge in [-0.15, -0.1) is 0 Å². The van der Waals surface area contributed by atoms with Gasteiger partial charge in [0.15, 0.2) is 11.4 Å². The molecule has 0 amide bonds. The van der Waals surface area contributed by atoms with Gasteiger partial charge in [0.1, 0.15) is 5.75 Å². The summed E-state index contributed by atoms with van der Waals surface area (Å²) in [4.78, 5) is 7.57. The Bertz CT molecular complexity index is 1090. The van der Waals surface area contributed by atoms with Gasteiger partial charge in [-0.3, -0.25) is 0 Å². The maximum absolute atomic E-state index is 13.5. The van der Waals surface area contributed by atoms with Crippen molar-refractivity contribution in [3.8, 4) is 23.0 Å². The van der Waals surface area contributed by atoms with Crippen molar-refractivity contribution in [2.45, 2.75) is 31.1 Å². The highest BCUT2D eigenvalue weighted by atomic mass is 19.4. The van der Waals surface area contributed by atoms with E-state index in [0.29, 0.717) is 24.2 Å². The molecule has 0 aliphatic heterocycles. The monoisotopic (exact) mass is 428 g/mol. The molecule has 0 spiro atoms. The molecule has 2 heterocycles. The van der Waals surface area contributed by atoms with Crippen LogP contribution in [0.15, 0.2) is 36.4 Å². The number of rotatable bonds is 4. The summed E-state index contributed by atoms with van der Waals surface area (Å²) >= 11 is 0. The second-order valence-corrected chi connectivity index (χ2v) is 6.81. The summed E-state index contributed by atoms with van der Waals surface area (Å²) in [5, 5.41) is 3.48. The fourth-order valence-electron chi connectivity index (χ4n) is 2.97. The van der Waals surface area contributed by atoms with E-state index >= 15 is 0 Å². The zero-order valence-electron chi connectivity index (χ0n) is 15.4. The Labute approximate surface area is 166 Å². The lowest BCUT2D eigenvalue weighted by Crippen LogP contribution is -2.15. The number of hydrogen-bond acceptors (Lipinski definition) is 4. The molecule has 1 fully saturated rings. The largest absolute Gasteiger partial charge is 0.497 e. The van der Waals surface area contributed by atoms with Gasteiger partial charge in [-0.05, 0) is 37.1 Å². The van der Waals surface area contributed by atoms with Gasteiger partial charge in [-0.1, -0.05) is 12.1 Å². The van der Waals surface area contributed by atoms with E-state index in [0.717, 1.165) is 16.8 Å². The molecule has 4 rings (SSSR count). The molecule has 1 aliphatic rings. The molecule has 1 aliphatic carbocycles. The van der Waals surface area contributed by atoms with Crippen molar-refractivity contribution in [2.24, 2.45) is 0 Å². The lowest BCUT2D eigenvalue weighted by Gasteiger charge is -2.12. The van der Waals surface area contributed by atoms with E-state index in [1.165, 1.54) is 19.2 Å². The van der Waals surface area contributed by atoms with Crippen molar-refractivity contribution in [2.75, 3.05) is 7.11 Å². The molecular formula is C19H14F6N4O. The number of halogens is 6. The first-order valence-electron chi connectivity index (χ1n) is 8.84. The van der Waals surface area contributed by atoms with E-state index in [-0.39, 0.29) is 17.3 Å². The smallest absolute Gasteiger partial charge is 0.435 e. The third kappa shape index (κ3) is 3.96. The van der Waals surface area contributed by atoms with Crippen LogP contribution in [0.3, 0.4) is 0 Å². The van der Waals surface area contributed by atoms with Crippen LogP contribution in [0.25, 0.3) is 17.2 Å². The first-order chi connectivity index (χ1) is 14.1. The molecular weight excluding hydrogens is 414 g/mol. The number of alkyl halides is 6. The summed E-state index contributed by atoms with van der Waals surface area (Å²) in [6.07, 6.45) is -8.34. The molecule has 1 aromatic carbocycles. The van der Waals surface area contributed by atoms with Gasteiger partial charge in [-0.2, -0.15) is 31.4 Å². The van der Waals surface area contributed by atoms with Crippen LogP contribution < -0.4 is 4.74 Å². The molecule has 2 aromatic heterocycles. The fourth-order valence-corrected chi connectivity index (χ4v) is 2.97. The van der Waals surface area contributed by atoms with Gasteiger partial charge in [0.2, 0.25) is 0 Å². The van der Waals surface area contributed by atoms with Crippen LogP contribution in [-0.2, 0) is 12.4 Å². The molecule has 0 unspecified atom stereocenters. The molecule has 0 radical (unpaired) electrons. The van der Waals surface area contributed by atoms with Crippen molar-refractivity contribution < 1.29 is 31.1 Å². The standard InChI is InChI=1S/C19H14F6N4O/c1-30-12-4-2-3-11(7-12)13-8-15(18(20,21)22)27-17(26-13)29-14(10-5-6-10)9-16(28-29)19(23,24)25/h2-4,7-10H,5-6H2,1H3. The number of nitrogens with zero attached hydrogens (tertiary/aromatic N) is 4. The van der Waals surface area contributed by atoms with E-state index in [1.807, 2.05) is 0 Å². The van der Waals surface area contributed by atoms with E-state index in [9.17, 15) is 26.3 Å². The Morgan fingerprint density at radius 2 is 1.63 bits per heavy atom. The highest BCUT2D eigenvalue weighted by Crippen LogP contribution is 2.43. The highest BCUT2D eigenvalue weighted by Gasteiger charge is 2.39. The first-order valence-corrected chi connectivity index (χ1v) is 8.84. The molecule has 1 saturated carbocycles. The highest BCUT2D eigenvalue weighted by molar-refractivity contribution is 5.62. The summed E-state index contributed by atoms with van der Waals surface area (Å²) in [6, 6.07) is 7.73. The normalized spacial score (nSPS) is 14.8. The van der Waals surface area contributed by atoms with E-state index in [2.05, 4.69) is 15.1 Å². The second kappa shape index (κ2) is 6.99. The summed E-state index contributed by atoms with van der Waals surface area (Å²) in [7, 11) is 1.40. The van der Waals surface area contributed by atoms with Crippen molar-refractivity contribution in [3.05, 3.63) is 53.5 Å². The Hall–Kier alpha value is -3.11. The third-order valence-electron chi connectivity index (χ3n) is 4.58. The minimum Gasteiger partial charge on any atom is -0.497 e. The van der Waals surface area contributed by atoms with Crippen LogP contribution in [0.4, 0.5) is 26.3 Å². The third-order valence-corrected chi connectivity index (χ3v) is 4.58. The summed E-state index contributed by atoms with van der Waals surface area (Å²) < 4.78 is 85.7. The second-order valence-electron chi connectivity index (χ2n) is 6.81. The summed E-state index contributed by atoms with van der Waals surface area (Å²) in [6.45, 7) is 0. The average Bonchev–Trinajstić information content (AvgIpc) is 3.43. The van der Waals surface area contributed by atoms with Gasteiger partial charge in [0.05, 0.1) is 18.5 Å². The Morgan fingerprint density at radius 1 is 0.933 bits per heavy atom. The van der Waals surface area contributed by atoms with E-state index < -0.39 is 29.7 Å². The van der Waals surface area contributed by atoms with Gasteiger partial charge in [0.25, 0.3) is 5.95 Å². The molecule has 0 saturated heterocycles. The maximum Gasteiger partial charge on any atom is 0.435 e. The number of benzene rings is 1. The van der Waals surface area contributed by atoms with Crippen molar-refractivity contribution >= 4 is 0 Å². The van der Waals surface area contributed by atoms with E-state index in [1.54, 1.807) is 12.1 Å². The number of methoxy groups -OCH3 is 1. The number of aromatic nitrogens is 4. The Kier molecular flexibility index (Phi) is 4.70. The van der Waals surface area contributed by atoms with Crippen LogP contribution >= 0.6 is 0 Å². The lowest BCUT2D eigenvalue weighted by atomic mass is 10.1. The van der Waals surface area contributed by atoms with Gasteiger partial charge >= 0.3 is 12.4 Å². The first kappa shape index (κ1) is 20.2. The SMILES string of the molecule is COc1cccc(-c2cc(C(F)(F)F)nc(-n3nc(C(F)(F)F)cc3C3CC3)n2)c1. The summed E-state index contributed by atoms with van der Waals surface area (Å²) in [5.74, 6) is -0.412. The van der Waals surface area contributed by atoms with Crippen LogP contribution in [0.5, 0.6) is 5.75 Å². The minimum absolute atomic E-state index is 0.114. The summed E-state index contributed by atoms with van der Waals surface area (Å²) in [5.41, 5.74) is -2.17. The molecule has 30 heavy (non-hydrogen) atoms. The number of hydrogen-bond donors (Lipinski definition) is 0. The van der Waals surface area contributed by atoms with Gasteiger partial charge in [-0.25, -0.2) is 14.6 Å². The quantitative estimate of drug-likeness (QED) is 0.533. The zero-order chi connectivity index (χ0) is 21.7. The van der Waals surface area contributed by atoms with Crippen LogP contribution in [0.1, 0.15) is 35.8 Å². The molecule has 158 valence electrons. The zero-order valence-corrected chi connectivity index (χ0v) is 15.4. The maximum atomic E-state index is 13.5. The van der Waals surface area contributed by atoms with Crippen LogP contribution in [0, 0.1) is 0 Å². The number of ether oxygens (including phenoxy) is 1. The van der Waals surface area contributed by atoms with Crippen LogP contribution in [0.2, 0.25) is 0 Å². The van der Waals surface area contributed by atoms with Crippen molar-refractivity contribution in [1.82, 2.24) is 19.7 Å². The van der Waals surface area contributed by atoms with Crippen molar-refractivity contribution in [3.63, 3.8) is 0 Å². The molecule has 0 atom stereocenters. The molecule has 5 nitrogen and oxygen atoms in total. The average molecular weight is 428 g/mol.